The van der Waals surface area contributed by atoms with E-state index in [1.807, 2.05) is 0 Å². The molecule has 6 nitrogen and oxygen atoms in total. The van der Waals surface area contributed by atoms with Crippen molar-refractivity contribution in [3.05, 3.63) is 25.0 Å². The molecule has 0 radical (unpaired) electrons. The van der Waals surface area contributed by atoms with Crippen LogP contribution < -0.4 is 5.32 Å². The molecule has 0 spiro atoms. The van der Waals surface area contributed by atoms with Gasteiger partial charge in [-0.3, -0.25) is 0 Å². The van der Waals surface area contributed by atoms with Crippen molar-refractivity contribution in [2.24, 2.45) is 0 Å². The smallest absolute Gasteiger partial charge is 0.404 e. The number of aliphatic hydroxyl groups excluding tert-OH is 1. The Morgan fingerprint density at radius 1 is 1.36 bits per heavy atom. The van der Waals surface area contributed by atoms with Gasteiger partial charge in [-0.2, -0.15) is 0 Å². The Hall–Kier alpha value is -1.69. The molecule has 0 fully saturated rings. The molecule has 0 saturated heterocycles. The van der Waals surface area contributed by atoms with Gasteiger partial charge in [0.15, 0.2) is 0 Å². The summed E-state index contributed by atoms with van der Waals surface area (Å²) >= 11 is 0. The topological polar surface area (TPSA) is 88.0 Å². The van der Waals surface area contributed by atoms with Crippen LogP contribution in [0, 0.1) is 0 Å². The fraction of sp³-hybridized carbons (Fsp3) is 0.375. The predicted molar refractivity (Wildman–Crippen MR) is 48.2 cm³/mol. The summed E-state index contributed by atoms with van der Waals surface area (Å²) in [6.07, 6.45) is 4.73. The third-order valence-electron chi connectivity index (χ3n) is 1.07. The lowest BCUT2D eigenvalue weighted by Gasteiger charge is -2.04. The summed E-state index contributed by atoms with van der Waals surface area (Å²) in [5, 5.41) is 18.3. The number of ether oxygens (including phenoxy) is 2. The molecule has 0 saturated carbocycles. The first-order valence-electron chi connectivity index (χ1n) is 3.88. The SMILES string of the molecule is C1=COC=CO1.CC(CO)NC(=O)O. The van der Waals surface area contributed by atoms with E-state index in [0.29, 0.717) is 0 Å². The van der Waals surface area contributed by atoms with E-state index in [-0.39, 0.29) is 12.6 Å². The van der Waals surface area contributed by atoms with Crippen LogP contribution >= 0.6 is 0 Å². The van der Waals surface area contributed by atoms with E-state index in [0.717, 1.165) is 0 Å². The number of rotatable bonds is 2. The lowest BCUT2D eigenvalue weighted by Crippen LogP contribution is -2.33. The molecule has 0 aromatic rings. The number of aliphatic hydroxyl groups is 1. The van der Waals surface area contributed by atoms with Gasteiger partial charge in [-0.05, 0) is 6.92 Å². The maximum absolute atomic E-state index is 9.75. The molecule has 1 heterocycles. The van der Waals surface area contributed by atoms with E-state index < -0.39 is 6.09 Å². The van der Waals surface area contributed by atoms with Gasteiger partial charge in [0.05, 0.1) is 12.6 Å². The van der Waals surface area contributed by atoms with Crippen LogP contribution in [0.25, 0.3) is 0 Å². The molecule has 1 rings (SSSR count). The number of nitrogens with one attached hydrogen (secondary N) is 1. The second-order valence-corrected chi connectivity index (χ2v) is 2.35. The van der Waals surface area contributed by atoms with Crippen molar-refractivity contribution in [1.82, 2.24) is 5.32 Å². The Morgan fingerprint density at radius 3 is 1.93 bits per heavy atom. The molecular weight excluding hydrogens is 190 g/mol. The second-order valence-electron chi connectivity index (χ2n) is 2.35. The third-order valence-corrected chi connectivity index (χ3v) is 1.07. The molecular formula is C8H13NO5. The normalized spacial score (nSPS) is 14.1. The fourth-order valence-corrected chi connectivity index (χ4v) is 0.475. The monoisotopic (exact) mass is 203 g/mol. The largest absolute Gasteiger partial charge is 0.466 e. The minimum absolute atomic E-state index is 0.160. The van der Waals surface area contributed by atoms with Crippen molar-refractivity contribution >= 4 is 6.09 Å². The summed E-state index contributed by atoms with van der Waals surface area (Å²) < 4.78 is 9.17. The zero-order valence-corrected chi connectivity index (χ0v) is 7.71. The van der Waals surface area contributed by atoms with E-state index in [2.05, 4.69) is 14.8 Å². The van der Waals surface area contributed by atoms with Crippen LogP contribution in [0.15, 0.2) is 25.0 Å². The number of amides is 1. The van der Waals surface area contributed by atoms with Crippen LogP contribution in [0.3, 0.4) is 0 Å². The summed E-state index contributed by atoms with van der Waals surface area (Å²) in [4.78, 5) is 9.75. The number of hydrogen-bond acceptors (Lipinski definition) is 4. The van der Waals surface area contributed by atoms with Gasteiger partial charge in [-0.15, -0.1) is 0 Å². The Labute approximate surface area is 81.4 Å². The zero-order chi connectivity index (χ0) is 10.8. The second kappa shape index (κ2) is 7.93. The highest BCUT2D eigenvalue weighted by atomic mass is 16.5. The summed E-state index contributed by atoms with van der Waals surface area (Å²) in [6.45, 7) is 1.42. The van der Waals surface area contributed by atoms with Gasteiger partial charge < -0.3 is 25.0 Å². The summed E-state index contributed by atoms with van der Waals surface area (Å²) in [5.41, 5.74) is 0. The molecule has 1 aliphatic rings. The lowest BCUT2D eigenvalue weighted by molar-refractivity contribution is 0.180. The standard InChI is InChI=1S/C4H9NO3.C4H4O2/c1-3(2-6)5-4(7)8;1-2-6-4-3-5-1/h3,5-6H,2H2,1H3,(H,7,8);1-4H. The van der Waals surface area contributed by atoms with E-state index in [4.69, 9.17) is 10.2 Å². The molecule has 0 aromatic carbocycles. The van der Waals surface area contributed by atoms with Crippen LogP contribution in [-0.2, 0) is 9.47 Å². The lowest BCUT2D eigenvalue weighted by atomic mass is 10.4. The van der Waals surface area contributed by atoms with Crippen molar-refractivity contribution < 1.29 is 24.5 Å². The highest BCUT2D eigenvalue weighted by Crippen LogP contribution is 1.89. The average molecular weight is 203 g/mol. The Morgan fingerprint density at radius 2 is 1.79 bits per heavy atom. The van der Waals surface area contributed by atoms with Gasteiger partial charge in [-0.25, -0.2) is 4.79 Å². The Balaban J connectivity index is 0.000000249. The summed E-state index contributed by atoms with van der Waals surface area (Å²) in [5.74, 6) is 0. The average Bonchev–Trinajstić information content (AvgIpc) is 2.20. The van der Waals surface area contributed by atoms with Crippen molar-refractivity contribution in [3.8, 4) is 0 Å². The van der Waals surface area contributed by atoms with Crippen LogP contribution in [0.2, 0.25) is 0 Å². The summed E-state index contributed by atoms with van der Waals surface area (Å²) in [6, 6.07) is -0.368. The Bertz CT molecular complexity index is 194. The number of hydrogen-bond donors (Lipinski definition) is 3. The van der Waals surface area contributed by atoms with Gasteiger partial charge in [0.2, 0.25) is 0 Å². The van der Waals surface area contributed by atoms with E-state index >= 15 is 0 Å². The predicted octanol–water partition coefficient (Wildman–Crippen LogP) is 0.610. The molecule has 0 bridgehead atoms. The molecule has 1 atom stereocenters. The van der Waals surface area contributed by atoms with Crippen molar-refractivity contribution in [3.63, 3.8) is 0 Å². The minimum atomic E-state index is -1.11. The fourth-order valence-electron chi connectivity index (χ4n) is 0.475. The third kappa shape index (κ3) is 8.41. The first kappa shape index (κ1) is 12.3. The van der Waals surface area contributed by atoms with Crippen LogP contribution in [-0.4, -0.2) is 29.0 Å². The molecule has 80 valence electrons. The first-order valence-corrected chi connectivity index (χ1v) is 3.88. The zero-order valence-electron chi connectivity index (χ0n) is 7.71. The number of carboxylic acid groups (broad SMARTS) is 1. The van der Waals surface area contributed by atoms with Gasteiger partial charge in [-0.1, -0.05) is 0 Å². The molecule has 14 heavy (non-hydrogen) atoms. The minimum Gasteiger partial charge on any atom is -0.466 e. The molecule has 6 heteroatoms. The maximum Gasteiger partial charge on any atom is 0.404 e. The first-order chi connectivity index (χ1) is 6.66. The highest BCUT2D eigenvalue weighted by Gasteiger charge is 2.00. The van der Waals surface area contributed by atoms with Gasteiger partial charge in [0.25, 0.3) is 0 Å². The quantitative estimate of drug-likeness (QED) is 0.612. The number of carbonyl (C=O) groups is 1. The summed E-state index contributed by atoms with van der Waals surface area (Å²) in [7, 11) is 0. The molecule has 0 aliphatic carbocycles. The van der Waals surface area contributed by atoms with Gasteiger partial charge in [0.1, 0.15) is 25.0 Å². The molecule has 1 aliphatic heterocycles. The van der Waals surface area contributed by atoms with Crippen molar-refractivity contribution in [1.29, 1.82) is 0 Å². The Kier molecular flexibility index (Phi) is 6.98. The van der Waals surface area contributed by atoms with Gasteiger partial charge in [0, 0.05) is 0 Å². The van der Waals surface area contributed by atoms with E-state index in [9.17, 15) is 4.79 Å². The molecule has 1 unspecified atom stereocenters. The van der Waals surface area contributed by atoms with Crippen LogP contribution in [0.5, 0.6) is 0 Å². The molecule has 0 aromatic heterocycles. The maximum atomic E-state index is 9.75. The van der Waals surface area contributed by atoms with Crippen LogP contribution in [0.4, 0.5) is 4.79 Å². The van der Waals surface area contributed by atoms with Crippen molar-refractivity contribution in [2.75, 3.05) is 6.61 Å². The van der Waals surface area contributed by atoms with Gasteiger partial charge >= 0.3 is 6.09 Å². The van der Waals surface area contributed by atoms with E-state index in [1.54, 1.807) is 6.92 Å². The van der Waals surface area contributed by atoms with Crippen molar-refractivity contribution in [2.45, 2.75) is 13.0 Å². The highest BCUT2D eigenvalue weighted by molar-refractivity contribution is 5.64. The molecule has 1 amide bonds. The van der Waals surface area contributed by atoms with Crippen LogP contribution in [0.1, 0.15) is 6.92 Å². The molecule has 3 N–H and O–H groups in total. The van der Waals surface area contributed by atoms with E-state index in [1.165, 1.54) is 25.0 Å².